The standard InChI is InChI=1S/C14H19ClN2O2S/c15-13-5-7-16-9-14(13)20(18,19)17-8-6-11-3-1-2-4-12(11)10-17/h5,7,9,11-12H,1-4,6,8,10H2. The molecule has 3 rings (SSSR count). The predicted molar refractivity (Wildman–Crippen MR) is 78.1 cm³/mol. The van der Waals surface area contributed by atoms with Crippen LogP contribution in [-0.2, 0) is 10.0 Å². The van der Waals surface area contributed by atoms with Gasteiger partial charge >= 0.3 is 0 Å². The summed E-state index contributed by atoms with van der Waals surface area (Å²) in [6.45, 7) is 1.24. The lowest BCUT2D eigenvalue weighted by Gasteiger charge is -2.40. The Morgan fingerprint density at radius 1 is 1.20 bits per heavy atom. The number of sulfonamides is 1. The molecule has 0 bridgehead atoms. The molecule has 0 aromatic carbocycles. The van der Waals surface area contributed by atoms with E-state index in [1.807, 2.05) is 0 Å². The van der Waals surface area contributed by atoms with Crippen LogP contribution in [-0.4, -0.2) is 30.8 Å². The van der Waals surface area contributed by atoms with Gasteiger partial charge in [0.05, 0.1) is 5.02 Å². The van der Waals surface area contributed by atoms with Crippen LogP contribution in [0.3, 0.4) is 0 Å². The second-order valence-corrected chi connectivity index (χ2v) is 8.08. The maximum absolute atomic E-state index is 12.7. The van der Waals surface area contributed by atoms with E-state index < -0.39 is 10.0 Å². The molecule has 2 heterocycles. The van der Waals surface area contributed by atoms with Crippen molar-refractivity contribution in [2.45, 2.75) is 37.0 Å². The van der Waals surface area contributed by atoms with Gasteiger partial charge in [-0.15, -0.1) is 0 Å². The summed E-state index contributed by atoms with van der Waals surface area (Å²) in [5, 5.41) is 0.255. The Balaban J connectivity index is 1.84. The van der Waals surface area contributed by atoms with E-state index in [0.29, 0.717) is 24.9 Å². The van der Waals surface area contributed by atoms with Gasteiger partial charge in [0.1, 0.15) is 4.90 Å². The van der Waals surface area contributed by atoms with Gasteiger partial charge in [0.2, 0.25) is 10.0 Å². The molecule has 2 fully saturated rings. The molecule has 2 unspecified atom stereocenters. The number of rotatable bonds is 2. The minimum Gasteiger partial charge on any atom is -0.263 e. The largest absolute Gasteiger partial charge is 0.263 e. The van der Waals surface area contributed by atoms with E-state index in [4.69, 9.17) is 11.6 Å². The molecule has 0 N–H and O–H groups in total. The first-order valence-electron chi connectivity index (χ1n) is 7.18. The quantitative estimate of drug-likeness (QED) is 0.843. The maximum Gasteiger partial charge on any atom is 0.246 e. The summed E-state index contributed by atoms with van der Waals surface area (Å²) in [5.74, 6) is 1.22. The number of halogens is 1. The number of nitrogens with zero attached hydrogens (tertiary/aromatic N) is 2. The van der Waals surface area contributed by atoms with E-state index >= 15 is 0 Å². The predicted octanol–water partition coefficient (Wildman–Crippen LogP) is 2.94. The van der Waals surface area contributed by atoms with Gasteiger partial charge in [-0.05, 0) is 30.7 Å². The monoisotopic (exact) mass is 314 g/mol. The van der Waals surface area contributed by atoms with Gasteiger partial charge in [0.15, 0.2) is 0 Å². The molecule has 4 nitrogen and oxygen atoms in total. The lowest BCUT2D eigenvalue weighted by molar-refractivity contribution is 0.136. The number of hydrogen-bond acceptors (Lipinski definition) is 3. The van der Waals surface area contributed by atoms with Crippen molar-refractivity contribution in [3.63, 3.8) is 0 Å². The van der Waals surface area contributed by atoms with E-state index in [0.717, 1.165) is 12.8 Å². The summed E-state index contributed by atoms with van der Waals surface area (Å²) in [6, 6.07) is 1.53. The lowest BCUT2D eigenvalue weighted by Crippen LogP contribution is -2.44. The van der Waals surface area contributed by atoms with Crippen LogP contribution in [0, 0.1) is 11.8 Å². The van der Waals surface area contributed by atoms with E-state index in [1.54, 1.807) is 4.31 Å². The van der Waals surface area contributed by atoms with Crippen LogP contribution < -0.4 is 0 Å². The number of fused-ring (bicyclic) bond motifs is 1. The minimum absolute atomic E-state index is 0.135. The van der Waals surface area contributed by atoms with Crippen molar-refractivity contribution in [1.82, 2.24) is 9.29 Å². The fourth-order valence-corrected chi connectivity index (χ4v) is 5.40. The fraction of sp³-hybridized carbons (Fsp3) is 0.643. The number of piperidine rings is 1. The van der Waals surface area contributed by atoms with Crippen molar-refractivity contribution < 1.29 is 8.42 Å². The molecule has 1 aliphatic carbocycles. The zero-order valence-corrected chi connectivity index (χ0v) is 12.9. The number of hydrogen-bond donors (Lipinski definition) is 0. The van der Waals surface area contributed by atoms with Gasteiger partial charge in [-0.25, -0.2) is 8.42 Å². The molecule has 1 aromatic heterocycles. The van der Waals surface area contributed by atoms with Crippen molar-refractivity contribution in [2.24, 2.45) is 11.8 Å². The lowest BCUT2D eigenvalue weighted by atomic mass is 9.76. The molecule has 2 aliphatic rings. The fourth-order valence-electron chi connectivity index (χ4n) is 3.48. The SMILES string of the molecule is O=S(=O)(c1cnccc1Cl)N1CCC2CCCCC2C1. The van der Waals surface area contributed by atoms with E-state index in [9.17, 15) is 8.42 Å². The third-order valence-electron chi connectivity index (χ3n) is 4.61. The normalized spacial score (nSPS) is 28.1. The minimum atomic E-state index is -3.50. The third kappa shape index (κ3) is 2.59. The summed E-state index contributed by atoms with van der Waals surface area (Å²) >= 11 is 6.02. The van der Waals surface area contributed by atoms with Gasteiger partial charge in [0.25, 0.3) is 0 Å². The Morgan fingerprint density at radius 3 is 2.70 bits per heavy atom. The van der Waals surface area contributed by atoms with Gasteiger partial charge < -0.3 is 0 Å². The first-order valence-corrected chi connectivity index (χ1v) is 9.00. The van der Waals surface area contributed by atoms with Crippen molar-refractivity contribution in [3.8, 4) is 0 Å². The third-order valence-corrected chi connectivity index (χ3v) is 6.94. The summed E-state index contributed by atoms with van der Waals surface area (Å²) in [6.07, 6.45) is 8.76. The van der Waals surface area contributed by atoms with Gasteiger partial charge in [-0.3, -0.25) is 4.98 Å². The molecule has 0 amide bonds. The molecular weight excluding hydrogens is 296 g/mol. The zero-order chi connectivity index (χ0) is 14.2. The number of pyridine rings is 1. The average Bonchev–Trinajstić information content (AvgIpc) is 2.47. The summed E-state index contributed by atoms with van der Waals surface area (Å²) in [7, 11) is -3.50. The molecule has 2 atom stereocenters. The van der Waals surface area contributed by atoms with E-state index in [-0.39, 0.29) is 9.92 Å². The van der Waals surface area contributed by atoms with Gasteiger partial charge in [0, 0.05) is 25.5 Å². The molecule has 1 aromatic rings. The number of aromatic nitrogens is 1. The van der Waals surface area contributed by atoms with Crippen LogP contribution in [0.1, 0.15) is 32.1 Å². The molecule has 1 aliphatic heterocycles. The van der Waals surface area contributed by atoms with Crippen LogP contribution in [0.2, 0.25) is 5.02 Å². The van der Waals surface area contributed by atoms with Crippen LogP contribution in [0.25, 0.3) is 0 Å². The smallest absolute Gasteiger partial charge is 0.246 e. The first kappa shape index (κ1) is 14.3. The van der Waals surface area contributed by atoms with Crippen molar-refractivity contribution in [3.05, 3.63) is 23.5 Å². The van der Waals surface area contributed by atoms with Crippen LogP contribution in [0.15, 0.2) is 23.4 Å². The Hall–Kier alpha value is -0.650. The van der Waals surface area contributed by atoms with E-state index in [1.165, 1.54) is 37.7 Å². The Kier molecular flexibility index (Phi) is 4.02. The van der Waals surface area contributed by atoms with Crippen molar-refractivity contribution in [1.29, 1.82) is 0 Å². The second-order valence-electron chi connectivity index (χ2n) is 5.76. The highest BCUT2D eigenvalue weighted by Crippen LogP contribution is 2.38. The Labute approximate surface area is 125 Å². The highest BCUT2D eigenvalue weighted by Gasteiger charge is 2.37. The zero-order valence-electron chi connectivity index (χ0n) is 11.3. The van der Waals surface area contributed by atoms with Crippen molar-refractivity contribution in [2.75, 3.05) is 13.1 Å². The molecule has 0 spiro atoms. The van der Waals surface area contributed by atoms with Crippen LogP contribution in [0.4, 0.5) is 0 Å². The second kappa shape index (κ2) is 5.62. The molecule has 1 saturated heterocycles. The van der Waals surface area contributed by atoms with Crippen molar-refractivity contribution >= 4 is 21.6 Å². The highest BCUT2D eigenvalue weighted by atomic mass is 35.5. The topological polar surface area (TPSA) is 50.3 Å². The molecule has 20 heavy (non-hydrogen) atoms. The Bertz CT molecular complexity index is 591. The van der Waals surface area contributed by atoms with Gasteiger partial charge in [-0.2, -0.15) is 4.31 Å². The molecule has 1 saturated carbocycles. The van der Waals surface area contributed by atoms with Crippen LogP contribution >= 0.6 is 11.6 Å². The van der Waals surface area contributed by atoms with E-state index in [2.05, 4.69) is 4.98 Å². The molecule has 110 valence electrons. The summed E-state index contributed by atoms with van der Waals surface area (Å²) < 4.78 is 27.0. The first-order chi connectivity index (χ1) is 9.59. The highest BCUT2D eigenvalue weighted by molar-refractivity contribution is 7.89. The van der Waals surface area contributed by atoms with Gasteiger partial charge in [-0.1, -0.05) is 30.9 Å². The summed E-state index contributed by atoms with van der Waals surface area (Å²) in [4.78, 5) is 4.03. The summed E-state index contributed by atoms with van der Waals surface area (Å²) in [5.41, 5.74) is 0. The average molecular weight is 315 g/mol. The molecular formula is C14H19ClN2O2S. The molecule has 0 radical (unpaired) electrons. The Morgan fingerprint density at radius 2 is 1.95 bits per heavy atom. The maximum atomic E-state index is 12.7. The molecule has 6 heteroatoms. The van der Waals surface area contributed by atoms with Crippen LogP contribution in [0.5, 0.6) is 0 Å².